The number of aliphatic hydroxyl groups excluding tert-OH is 1. The van der Waals surface area contributed by atoms with Crippen LogP contribution in [-0.2, 0) is 9.53 Å². The molecule has 2 atom stereocenters. The van der Waals surface area contributed by atoms with E-state index in [1.54, 1.807) is 0 Å². The van der Waals surface area contributed by atoms with E-state index in [9.17, 15) is 9.90 Å². The van der Waals surface area contributed by atoms with Crippen molar-refractivity contribution in [1.82, 2.24) is 10.2 Å². The van der Waals surface area contributed by atoms with Gasteiger partial charge in [-0.3, -0.25) is 4.79 Å². The van der Waals surface area contributed by atoms with Crippen LogP contribution >= 0.6 is 0 Å². The monoisotopic (exact) mass is 270 g/mol. The molecule has 1 heterocycles. The molecule has 1 aliphatic heterocycles. The zero-order valence-electron chi connectivity index (χ0n) is 11.8. The number of carbonyl (C=O) groups excluding carboxylic acids is 1. The van der Waals surface area contributed by atoms with E-state index < -0.39 is 0 Å². The molecule has 0 aromatic rings. The molecule has 0 aromatic carbocycles. The number of nitrogens with one attached hydrogen (secondary N) is 1. The van der Waals surface area contributed by atoms with E-state index in [0.717, 1.165) is 19.4 Å². The average molecular weight is 270 g/mol. The lowest BCUT2D eigenvalue weighted by Crippen LogP contribution is -2.49. The number of carbonyl (C=O) groups is 1. The van der Waals surface area contributed by atoms with Gasteiger partial charge in [0.25, 0.3) is 0 Å². The molecule has 1 amide bonds. The first-order valence-electron chi connectivity index (χ1n) is 7.50. The zero-order chi connectivity index (χ0) is 13.7. The van der Waals surface area contributed by atoms with Crippen LogP contribution in [0.2, 0.25) is 0 Å². The quantitative estimate of drug-likeness (QED) is 0.732. The second-order valence-corrected chi connectivity index (χ2v) is 5.50. The first-order valence-corrected chi connectivity index (χ1v) is 7.50. The van der Waals surface area contributed by atoms with Crippen LogP contribution in [-0.4, -0.2) is 60.9 Å². The number of aliphatic hydroxyl groups is 1. The normalized spacial score (nSPS) is 27.9. The smallest absolute Gasteiger partial charge is 0.230 e. The molecule has 2 unspecified atom stereocenters. The van der Waals surface area contributed by atoms with Gasteiger partial charge in [0.15, 0.2) is 0 Å². The van der Waals surface area contributed by atoms with Crippen LogP contribution in [0.3, 0.4) is 0 Å². The van der Waals surface area contributed by atoms with Crippen molar-refractivity contribution in [1.29, 1.82) is 0 Å². The first-order chi connectivity index (χ1) is 9.27. The van der Waals surface area contributed by atoms with Crippen LogP contribution in [0.1, 0.15) is 32.6 Å². The highest BCUT2D eigenvalue weighted by atomic mass is 16.5. The van der Waals surface area contributed by atoms with Gasteiger partial charge in [-0.05, 0) is 19.4 Å². The Morgan fingerprint density at radius 2 is 2.11 bits per heavy atom. The Morgan fingerprint density at radius 1 is 1.37 bits per heavy atom. The molecular weight excluding hydrogens is 244 g/mol. The van der Waals surface area contributed by atoms with Crippen molar-refractivity contribution < 1.29 is 14.6 Å². The second-order valence-electron chi connectivity index (χ2n) is 5.50. The standard InChI is InChI=1S/C14H26N2O3/c1-2-15-13-10-19-9-12(13)14(18)16(7-8-17)11-5-3-4-6-11/h11-13,15,17H,2-10H2,1H3. The summed E-state index contributed by atoms with van der Waals surface area (Å²) in [6, 6.07) is 0.447. The topological polar surface area (TPSA) is 61.8 Å². The molecule has 19 heavy (non-hydrogen) atoms. The van der Waals surface area contributed by atoms with Gasteiger partial charge >= 0.3 is 0 Å². The van der Waals surface area contributed by atoms with Crippen molar-refractivity contribution in [3.63, 3.8) is 0 Å². The number of hydrogen-bond acceptors (Lipinski definition) is 4. The lowest BCUT2D eigenvalue weighted by Gasteiger charge is -2.32. The van der Waals surface area contributed by atoms with Crippen molar-refractivity contribution in [2.75, 3.05) is 32.9 Å². The number of likely N-dealkylation sites (N-methyl/N-ethyl adjacent to an activating group) is 1. The molecule has 0 aromatic heterocycles. The fourth-order valence-corrected chi connectivity index (χ4v) is 3.27. The summed E-state index contributed by atoms with van der Waals surface area (Å²) in [6.07, 6.45) is 4.53. The fraction of sp³-hybridized carbons (Fsp3) is 0.929. The lowest BCUT2D eigenvalue weighted by atomic mass is 10.0. The summed E-state index contributed by atoms with van der Waals surface area (Å²) in [7, 11) is 0. The van der Waals surface area contributed by atoms with E-state index in [4.69, 9.17) is 4.74 Å². The second kappa shape index (κ2) is 7.22. The molecule has 0 bridgehead atoms. The maximum absolute atomic E-state index is 12.7. The molecule has 1 saturated heterocycles. The summed E-state index contributed by atoms with van der Waals surface area (Å²) in [5, 5.41) is 12.5. The largest absolute Gasteiger partial charge is 0.395 e. The predicted octanol–water partition coefficient (Wildman–Crippen LogP) is 0.374. The van der Waals surface area contributed by atoms with Gasteiger partial charge in [0, 0.05) is 18.6 Å². The van der Waals surface area contributed by atoms with Crippen molar-refractivity contribution in [2.24, 2.45) is 5.92 Å². The molecule has 1 aliphatic carbocycles. The average Bonchev–Trinajstić information content (AvgIpc) is 3.06. The number of amides is 1. The summed E-state index contributed by atoms with van der Waals surface area (Å²) in [5.74, 6) is 0.0662. The minimum absolute atomic E-state index is 0.0433. The molecule has 2 fully saturated rings. The third kappa shape index (κ3) is 3.46. The Labute approximate surface area is 115 Å². The van der Waals surface area contributed by atoms with Crippen LogP contribution in [0.25, 0.3) is 0 Å². The van der Waals surface area contributed by atoms with E-state index >= 15 is 0 Å². The summed E-state index contributed by atoms with van der Waals surface area (Å²) in [6.45, 7) is 4.51. The third-order valence-corrected chi connectivity index (χ3v) is 4.25. The Bertz CT molecular complexity index is 292. The minimum atomic E-state index is -0.0906. The number of rotatable bonds is 6. The Balaban J connectivity index is 2.01. The predicted molar refractivity (Wildman–Crippen MR) is 72.8 cm³/mol. The van der Waals surface area contributed by atoms with Crippen LogP contribution < -0.4 is 5.32 Å². The van der Waals surface area contributed by atoms with Gasteiger partial charge in [-0.2, -0.15) is 0 Å². The minimum Gasteiger partial charge on any atom is -0.395 e. The highest BCUT2D eigenvalue weighted by Gasteiger charge is 2.38. The zero-order valence-corrected chi connectivity index (χ0v) is 11.8. The van der Waals surface area contributed by atoms with Gasteiger partial charge in [0.2, 0.25) is 5.91 Å². The maximum atomic E-state index is 12.7. The first kappa shape index (κ1) is 14.8. The van der Waals surface area contributed by atoms with Gasteiger partial charge < -0.3 is 20.1 Å². The molecule has 1 saturated carbocycles. The Morgan fingerprint density at radius 3 is 2.74 bits per heavy atom. The van der Waals surface area contributed by atoms with Gasteiger partial charge in [-0.25, -0.2) is 0 Å². The van der Waals surface area contributed by atoms with Gasteiger partial charge in [-0.15, -0.1) is 0 Å². The molecule has 110 valence electrons. The van der Waals surface area contributed by atoms with Crippen molar-refractivity contribution in [3.05, 3.63) is 0 Å². The van der Waals surface area contributed by atoms with Crippen LogP contribution in [0.5, 0.6) is 0 Å². The van der Waals surface area contributed by atoms with Crippen molar-refractivity contribution >= 4 is 5.91 Å². The maximum Gasteiger partial charge on any atom is 0.230 e. The van der Waals surface area contributed by atoms with E-state index in [1.165, 1.54) is 12.8 Å². The van der Waals surface area contributed by atoms with Gasteiger partial charge in [0.1, 0.15) is 0 Å². The summed E-state index contributed by atoms with van der Waals surface area (Å²) < 4.78 is 5.46. The SMILES string of the molecule is CCNC1COCC1C(=O)N(CCO)C1CCCC1. The summed E-state index contributed by atoms with van der Waals surface area (Å²) in [4.78, 5) is 14.6. The van der Waals surface area contributed by atoms with Gasteiger partial charge in [0.05, 0.1) is 25.7 Å². The van der Waals surface area contributed by atoms with E-state index in [0.29, 0.717) is 25.8 Å². The molecule has 2 aliphatic rings. The highest BCUT2D eigenvalue weighted by Crippen LogP contribution is 2.26. The third-order valence-electron chi connectivity index (χ3n) is 4.25. The molecule has 5 nitrogen and oxygen atoms in total. The molecule has 5 heteroatoms. The highest BCUT2D eigenvalue weighted by molar-refractivity contribution is 5.80. The van der Waals surface area contributed by atoms with E-state index in [-0.39, 0.29) is 24.5 Å². The van der Waals surface area contributed by atoms with Crippen molar-refractivity contribution in [2.45, 2.75) is 44.7 Å². The molecule has 2 rings (SSSR count). The number of nitrogens with zero attached hydrogens (tertiary/aromatic N) is 1. The fourth-order valence-electron chi connectivity index (χ4n) is 3.27. The Kier molecular flexibility index (Phi) is 5.60. The lowest BCUT2D eigenvalue weighted by molar-refractivity contribution is -0.139. The van der Waals surface area contributed by atoms with Crippen LogP contribution in [0.4, 0.5) is 0 Å². The molecule has 2 N–H and O–H groups in total. The summed E-state index contributed by atoms with van der Waals surface area (Å²) in [5.41, 5.74) is 0. The molecular formula is C14H26N2O3. The van der Waals surface area contributed by atoms with Crippen LogP contribution in [0.15, 0.2) is 0 Å². The molecule has 0 radical (unpaired) electrons. The van der Waals surface area contributed by atoms with Gasteiger partial charge in [-0.1, -0.05) is 19.8 Å². The number of ether oxygens (including phenoxy) is 1. The number of hydrogen-bond donors (Lipinski definition) is 2. The molecule has 0 spiro atoms. The van der Waals surface area contributed by atoms with E-state index in [2.05, 4.69) is 5.32 Å². The van der Waals surface area contributed by atoms with E-state index in [1.807, 2.05) is 11.8 Å². The Hall–Kier alpha value is -0.650. The van der Waals surface area contributed by atoms with Crippen molar-refractivity contribution in [3.8, 4) is 0 Å². The summed E-state index contributed by atoms with van der Waals surface area (Å²) >= 11 is 0. The van der Waals surface area contributed by atoms with Crippen LogP contribution in [0, 0.1) is 5.92 Å².